The van der Waals surface area contributed by atoms with Crippen LogP contribution in [-0.2, 0) is 0 Å². The van der Waals surface area contributed by atoms with Crippen LogP contribution in [0.25, 0.3) is 10.9 Å². The zero-order chi connectivity index (χ0) is 13.7. The highest BCUT2D eigenvalue weighted by Crippen LogP contribution is 2.23. The fraction of sp³-hybridized carbons (Fsp3) is 0.400. The number of fused-ring (bicyclic) bond motifs is 1. The molecular weight excluding hydrogens is 240 g/mol. The Kier molecular flexibility index (Phi) is 4.71. The maximum Gasteiger partial charge on any atom is 0.128 e. The van der Waals surface area contributed by atoms with Crippen LogP contribution in [0.4, 0.5) is 0 Å². The van der Waals surface area contributed by atoms with Gasteiger partial charge in [0.15, 0.2) is 0 Å². The minimum absolute atomic E-state index is 0.272. The van der Waals surface area contributed by atoms with Gasteiger partial charge in [0, 0.05) is 24.2 Å². The van der Waals surface area contributed by atoms with E-state index in [1.54, 1.807) is 6.20 Å². The van der Waals surface area contributed by atoms with E-state index in [2.05, 4.69) is 10.3 Å². The van der Waals surface area contributed by atoms with E-state index in [9.17, 15) is 5.11 Å². The summed E-state index contributed by atoms with van der Waals surface area (Å²) < 4.78 is 5.68. The molecule has 0 aliphatic heterocycles. The molecule has 0 bridgehead atoms. The molecule has 0 amide bonds. The van der Waals surface area contributed by atoms with E-state index in [1.807, 2.05) is 44.2 Å². The van der Waals surface area contributed by atoms with Crippen molar-refractivity contribution in [2.75, 3.05) is 13.2 Å². The summed E-state index contributed by atoms with van der Waals surface area (Å²) in [7, 11) is 0. The average Bonchev–Trinajstić information content (AvgIpc) is 2.42. The third kappa shape index (κ3) is 3.91. The number of hydrogen-bond donors (Lipinski definition) is 2. The molecule has 1 heterocycles. The third-order valence-electron chi connectivity index (χ3n) is 2.80. The number of nitrogens with zero attached hydrogens (tertiary/aromatic N) is 1. The predicted molar refractivity (Wildman–Crippen MR) is 76.4 cm³/mol. The van der Waals surface area contributed by atoms with Crippen LogP contribution in [0, 0.1) is 0 Å². The van der Waals surface area contributed by atoms with Crippen LogP contribution in [0.5, 0.6) is 5.75 Å². The van der Waals surface area contributed by atoms with E-state index >= 15 is 0 Å². The van der Waals surface area contributed by atoms with E-state index in [1.165, 1.54) is 0 Å². The molecule has 2 rings (SSSR count). The first-order chi connectivity index (χ1) is 9.16. The molecule has 0 aliphatic carbocycles. The molecule has 4 heteroatoms. The van der Waals surface area contributed by atoms with Gasteiger partial charge in [-0.2, -0.15) is 0 Å². The van der Waals surface area contributed by atoms with Crippen LogP contribution in [-0.4, -0.2) is 35.4 Å². The summed E-state index contributed by atoms with van der Waals surface area (Å²) in [5.41, 5.74) is 0.898. The van der Waals surface area contributed by atoms with E-state index < -0.39 is 6.10 Å². The maximum absolute atomic E-state index is 9.83. The van der Waals surface area contributed by atoms with Crippen LogP contribution < -0.4 is 10.1 Å². The predicted octanol–water partition coefficient (Wildman–Crippen LogP) is 1.97. The Morgan fingerprint density at radius 3 is 2.89 bits per heavy atom. The van der Waals surface area contributed by atoms with Crippen LogP contribution >= 0.6 is 0 Å². The van der Waals surface area contributed by atoms with Crippen molar-refractivity contribution in [2.24, 2.45) is 0 Å². The summed E-state index contributed by atoms with van der Waals surface area (Å²) in [4.78, 5) is 4.27. The zero-order valence-corrected chi connectivity index (χ0v) is 11.3. The molecule has 1 aromatic carbocycles. The molecule has 0 radical (unpaired) electrons. The second kappa shape index (κ2) is 6.50. The maximum atomic E-state index is 9.83. The molecule has 0 fully saturated rings. The molecule has 4 nitrogen and oxygen atoms in total. The lowest BCUT2D eigenvalue weighted by Gasteiger charge is -2.15. The van der Waals surface area contributed by atoms with E-state index in [4.69, 9.17) is 4.74 Å². The molecule has 1 aromatic heterocycles. The first-order valence-electron chi connectivity index (χ1n) is 6.55. The van der Waals surface area contributed by atoms with Gasteiger partial charge in [-0.25, -0.2) is 0 Å². The highest BCUT2D eigenvalue weighted by atomic mass is 16.5. The fourth-order valence-corrected chi connectivity index (χ4v) is 1.82. The molecule has 2 aromatic rings. The molecular formula is C15H20N2O2. The first kappa shape index (κ1) is 13.8. The van der Waals surface area contributed by atoms with Gasteiger partial charge in [-0.15, -0.1) is 0 Å². The number of aliphatic hydroxyl groups is 1. The summed E-state index contributed by atoms with van der Waals surface area (Å²) in [6, 6.07) is 9.95. The van der Waals surface area contributed by atoms with Gasteiger partial charge in [0.2, 0.25) is 0 Å². The molecule has 102 valence electrons. The van der Waals surface area contributed by atoms with Crippen molar-refractivity contribution in [3.05, 3.63) is 36.5 Å². The number of hydrogen-bond acceptors (Lipinski definition) is 4. The molecule has 1 unspecified atom stereocenters. The summed E-state index contributed by atoms with van der Waals surface area (Å²) in [5.74, 6) is 0.759. The van der Waals surface area contributed by atoms with Gasteiger partial charge in [0.25, 0.3) is 0 Å². The van der Waals surface area contributed by atoms with Crippen LogP contribution in [0.1, 0.15) is 13.8 Å². The highest BCUT2D eigenvalue weighted by Gasteiger charge is 2.08. The largest absolute Gasteiger partial charge is 0.490 e. The monoisotopic (exact) mass is 260 g/mol. The summed E-state index contributed by atoms with van der Waals surface area (Å²) in [5, 5.41) is 14.0. The number of benzene rings is 1. The number of aromatic nitrogens is 1. The normalized spacial score (nSPS) is 12.8. The van der Waals surface area contributed by atoms with Crippen molar-refractivity contribution in [1.29, 1.82) is 0 Å². The summed E-state index contributed by atoms with van der Waals surface area (Å²) in [6.45, 7) is 4.89. The van der Waals surface area contributed by atoms with Crippen LogP contribution in [0.15, 0.2) is 36.5 Å². The van der Waals surface area contributed by atoms with Gasteiger partial charge in [-0.1, -0.05) is 19.9 Å². The number of ether oxygens (including phenoxy) is 1. The van der Waals surface area contributed by atoms with Crippen molar-refractivity contribution in [3.8, 4) is 5.75 Å². The standard InChI is InChI=1S/C15H20N2O2/c1-11(2)17-9-12(18)10-19-15-7-3-6-14-13(15)5-4-8-16-14/h3-8,11-12,17-18H,9-10H2,1-2H3. The van der Waals surface area contributed by atoms with Gasteiger partial charge in [0.1, 0.15) is 18.5 Å². The molecule has 19 heavy (non-hydrogen) atoms. The Morgan fingerprint density at radius 1 is 1.26 bits per heavy atom. The van der Waals surface area contributed by atoms with Crippen molar-refractivity contribution in [2.45, 2.75) is 26.0 Å². The van der Waals surface area contributed by atoms with Crippen molar-refractivity contribution < 1.29 is 9.84 Å². The van der Waals surface area contributed by atoms with Crippen molar-refractivity contribution >= 4 is 10.9 Å². The van der Waals surface area contributed by atoms with Crippen LogP contribution in [0.2, 0.25) is 0 Å². The number of rotatable bonds is 6. The second-order valence-electron chi connectivity index (χ2n) is 4.85. The minimum Gasteiger partial charge on any atom is -0.490 e. The van der Waals surface area contributed by atoms with Crippen molar-refractivity contribution in [3.63, 3.8) is 0 Å². The number of nitrogens with one attached hydrogen (secondary N) is 1. The number of aliphatic hydroxyl groups excluding tert-OH is 1. The lowest BCUT2D eigenvalue weighted by molar-refractivity contribution is 0.105. The van der Waals surface area contributed by atoms with Crippen molar-refractivity contribution in [1.82, 2.24) is 10.3 Å². The first-order valence-corrected chi connectivity index (χ1v) is 6.55. The molecule has 1 atom stereocenters. The van der Waals surface area contributed by atoms with Crippen LogP contribution in [0.3, 0.4) is 0 Å². The Balaban J connectivity index is 1.98. The van der Waals surface area contributed by atoms with Gasteiger partial charge < -0.3 is 15.2 Å². The SMILES string of the molecule is CC(C)NCC(O)COc1cccc2ncccc12. The quantitative estimate of drug-likeness (QED) is 0.834. The molecule has 0 saturated heterocycles. The fourth-order valence-electron chi connectivity index (χ4n) is 1.82. The van der Waals surface area contributed by atoms with Gasteiger partial charge >= 0.3 is 0 Å². The smallest absolute Gasteiger partial charge is 0.128 e. The topological polar surface area (TPSA) is 54.4 Å². The van der Waals surface area contributed by atoms with E-state index in [-0.39, 0.29) is 6.61 Å². The second-order valence-corrected chi connectivity index (χ2v) is 4.85. The highest BCUT2D eigenvalue weighted by molar-refractivity contribution is 5.84. The Morgan fingerprint density at radius 2 is 2.11 bits per heavy atom. The molecule has 0 spiro atoms. The lowest BCUT2D eigenvalue weighted by Crippen LogP contribution is -2.35. The molecule has 2 N–H and O–H groups in total. The Labute approximate surface area is 113 Å². The van der Waals surface area contributed by atoms with E-state index in [0.29, 0.717) is 12.6 Å². The summed E-state index contributed by atoms with van der Waals surface area (Å²) >= 11 is 0. The minimum atomic E-state index is -0.519. The lowest BCUT2D eigenvalue weighted by atomic mass is 10.2. The third-order valence-corrected chi connectivity index (χ3v) is 2.80. The zero-order valence-electron chi connectivity index (χ0n) is 11.3. The number of pyridine rings is 1. The average molecular weight is 260 g/mol. The van der Waals surface area contributed by atoms with Gasteiger partial charge in [-0.05, 0) is 24.3 Å². The van der Waals surface area contributed by atoms with Gasteiger partial charge in [-0.3, -0.25) is 4.98 Å². The summed E-state index contributed by atoms with van der Waals surface area (Å²) in [6.07, 6.45) is 1.24. The Bertz CT molecular complexity index is 523. The Hall–Kier alpha value is -1.65. The molecule has 0 aliphatic rings. The van der Waals surface area contributed by atoms with E-state index in [0.717, 1.165) is 16.7 Å². The van der Waals surface area contributed by atoms with Gasteiger partial charge in [0.05, 0.1) is 5.52 Å². The molecule has 0 saturated carbocycles.